The SMILES string of the molecule is Cc1cc2c(Nc3ccc4c(c3)OCO4)nc(N(C)C)nc2[nH]1. The third kappa shape index (κ3) is 2.40. The first-order valence-corrected chi connectivity index (χ1v) is 7.31. The number of nitrogens with one attached hydrogen (secondary N) is 2. The Morgan fingerprint density at radius 2 is 1.96 bits per heavy atom. The number of aryl methyl sites for hydroxylation is 1. The Labute approximate surface area is 133 Å². The molecule has 0 spiro atoms. The van der Waals surface area contributed by atoms with E-state index in [2.05, 4.69) is 20.3 Å². The molecule has 0 amide bonds. The van der Waals surface area contributed by atoms with E-state index in [9.17, 15) is 0 Å². The highest BCUT2D eigenvalue weighted by atomic mass is 16.7. The van der Waals surface area contributed by atoms with Crippen LogP contribution in [0, 0.1) is 6.92 Å². The maximum Gasteiger partial charge on any atom is 0.231 e. The number of nitrogens with zero attached hydrogens (tertiary/aromatic N) is 3. The summed E-state index contributed by atoms with van der Waals surface area (Å²) in [6.07, 6.45) is 0. The maximum absolute atomic E-state index is 5.42. The molecule has 2 N–H and O–H groups in total. The van der Waals surface area contributed by atoms with E-state index in [-0.39, 0.29) is 6.79 Å². The van der Waals surface area contributed by atoms with Gasteiger partial charge in [-0.05, 0) is 25.1 Å². The predicted molar refractivity (Wildman–Crippen MR) is 88.8 cm³/mol. The van der Waals surface area contributed by atoms with E-state index in [0.717, 1.165) is 39.7 Å². The first-order valence-electron chi connectivity index (χ1n) is 7.31. The van der Waals surface area contributed by atoms with Crippen LogP contribution in [0.4, 0.5) is 17.5 Å². The number of ether oxygens (including phenoxy) is 2. The average Bonchev–Trinajstić information content (AvgIpc) is 3.11. The lowest BCUT2D eigenvalue weighted by molar-refractivity contribution is 0.174. The van der Waals surface area contributed by atoms with Gasteiger partial charge in [0.15, 0.2) is 11.5 Å². The topological polar surface area (TPSA) is 75.3 Å². The van der Waals surface area contributed by atoms with E-state index >= 15 is 0 Å². The summed E-state index contributed by atoms with van der Waals surface area (Å²) in [4.78, 5) is 14.3. The van der Waals surface area contributed by atoms with Crippen molar-refractivity contribution < 1.29 is 9.47 Å². The molecule has 2 aromatic heterocycles. The van der Waals surface area contributed by atoms with Gasteiger partial charge in [-0.15, -0.1) is 0 Å². The van der Waals surface area contributed by atoms with Gasteiger partial charge in [-0.1, -0.05) is 0 Å². The van der Waals surface area contributed by atoms with Crippen LogP contribution in [0.15, 0.2) is 24.3 Å². The van der Waals surface area contributed by atoms with Crippen LogP contribution in [0.1, 0.15) is 5.69 Å². The molecular weight excluding hydrogens is 294 g/mol. The Morgan fingerprint density at radius 1 is 1.13 bits per heavy atom. The number of hydrogen-bond acceptors (Lipinski definition) is 6. The summed E-state index contributed by atoms with van der Waals surface area (Å²) in [5.74, 6) is 2.89. The number of rotatable bonds is 3. The fourth-order valence-corrected chi connectivity index (χ4v) is 2.54. The summed E-state index contributed by atoms with van der Waals surface area (Å²) < 4.78 is 10.8. The summed E-state index contributed by atoms with van der Waals surface area (Å²) in [6, 6.07) is 7.77. The zero-order valence-corrected chi connectivity index (χ0v) is 13.2. The van der Waals surface area contributed by atoms with Crippen molar-refractivity contribution in [3.63, 3.8) is 0 Å². The Kier molecular flexibility index (Phi) is 3.00. The van der Waals surface area contributed by atoms with Gasteiger partial charge in [0.1, 0.15) is 11.5 Å². The fourth-order valence-electron chi connectivity index (χ4n) is 2.54. The number of aromatic amines is 1. The fraction of sp³-hybridized carbons (Fsp3) is 0.250. The Morgan fingerprint density at radius 3 is 2.78 bits per heavy atom. The molecule has 0 bridgehead atoms. The smallest absolute Gasteiger partial charge is 0.231 e. The summed E-state index contributed by atoms with van der Waals surface area (Å²) in [6.45, 7) is 2.26. The van der Waals surface area contributed by atoms with E-state index in [0.29, 0.717) is 5.95 Å². The molecule has 7 nitrogen and oxygen atoms in total. The van der Waals surface area contributed by atoms with E-state index in [1.165, 1.54) is 0 Å². The van der Waals surface area contributed by atoms with Crippen LogP contribution < -0.4 is 19.7 Å². The van der Waals surface area contributed by atoms with Crippen molar-refractivity contribution in [2.75, 3.05) is 31.1 Å². The van der Waals surface area contributed by atoms with Gasteiger partial charge in [0.2, 0.25) is 12.7 Å². The number of aromatic nitrogens is 3. The maximum atomic E-state index is 5.42. The lowest BCUT2D eigenvalue weighted by atomic mass is 10.2. The molecule has 0 aliphatic carbocycles. The lowest BCUT2D eigenvalue weighted by Crippen LogP contribution is -2.13. The standard InChI is InChI=1S/C16H17N5O2/c1-9-6-11-14(17-9)19-16(21(2)3)20-15(11)18-10-4-5-12-13(7-10)23-8-22-12/h4-7H,8H2,1-3H3,(H2,17,18,19,20). The molecule has 3 aromatic rings. The highest BCUT2D eigenvalue weighted by Gasteiger charge is 2.15. The molecule has 0 fully saturated rings. The van der Waals surface area contributed by atoms with Crippen LogP contribution in [0.25, 0.3) is 11.0 Å². The molecule has 0 atom stereocenters. The van der Waals surface area contributed by atoms with Crippen molar-refractivity contribution in [3.8, 4) is 11.5 Å². The molecule has 7 heteroatoms. The molecule has 0 saturated carbocycles. The van der Waals surface area contributed by atoms with Crippen molar-refractivity contribution in [2.45, 2.75) is 6.92 Å². The van der Waals surface area contributed by atoms with Crippen molar-refractivity contribution in [3.05, 3.63) is 30.0 Å². The van der Waals surface area contributed by atoms with Gasteiger partial charge in [0.25, 0.3) is 0 Å². The molecule has 4 rings (SSSR count). The van der Waals surface area contributed by atoms with Crippen molar-refractivity contribution in [1.82, 2.24) is 15.0 Å². The summed E-state index contributed by atoms with van der Waals surface area (Å²) in [5, 5.41) is 4.30. The third-order valence-corrected chi connectivity index (χ3v) is 3.65. The van der Waals surface area contributed by atoms with Crippen LogP contribution in [0.3, 0.4) is 0 Å². The van der Waals surface area contributed by atoms with Gasteiger partial charge < -0.3 is 24.7 Å². The molecule has 0 radical (unpaired) electrons. The molecule has 0 unspecified atom stereocenters. The minimum Gasteiger partial charge on any atom is -0.454 e. The second-order valence-electron chi connectivity index (χ2n) is 5.67. The predicted octanol–water partition coefficient (Wildman–Crippen LogP) is 2.80. The van der Waals surface area contributed by atoms with Crippen LogP contribution >= 0.6 is 0 Å². The number of fused-ring (bicyclic) bond motifs is 2. The number of hydrogen-bond donors (Lipinski definition) is 2. The van der Waals surface area contributed by atoms with E-state index < -0.39 is 0 Å². The first-order chi connectivity index (χ1) is 11.1. The number of H-pyrrole nitrogens is 1. The van der Waals surface area contributed by atoms with Crippen LogP contribution in [-0.4, -0.2) is 35.8 Å². The molecule has 23 heavy (non-hydrogen) atoms. The summed E-state index contributed by atoms with van der Waals surface area (Å²) in [5.41, 5.74) is 2.74. The molecule has 118 valence electrons. The zero-order chi connectivity index (χ0) is 16.0. The summed E-state index contributed by atoms with van der Waals surface area (Å²) in [7, 11) is 3.84. The van der Waals surface area contributed by atoms with E-state index in [1.807, 2.05) is 50.2 Å². The van der Waals surface area contributed by atoms with Crippen molar-refractivity contribution >= 4 is 28.5 Å². The van der Waals surface area contributed by atoms with Gasteiger partial charge >= 0.3 is 0 Å². The summed E-state index contributed by atoms with van der Waals surface area (Å²) >= 11 is 0. The van der Waals surface area contributed by atoms with Gasteiger partial charge in [0, 0.05) is 31.5 Å². The van der Waals surface area contributed by atoms with E-state index in [1.54, 1.807) is 0 Å². The van der Waals surface area contributed by atoms with Gasteiger partial charge in [-0.2, -0.15) is 9.97 Å². The van der Waals surface area contributed by atoms with Crippen LogP contribution in [0.2, 0.25) is 0 Å². The third-order valence-electron chi connectivity index (χ3n) is 3.65. The van der Waals surface area contributed by atoms with Crippen molar-refractivity contribution in [1.29, 1.82) is 0 Å². The Hall–Kier alpha value is -2.96. The lowest BCUT2D eigenvalue weighted by Gasteiger charge is -2.13. The average molecular weight is 311 g/mol. The highest BCUT2D eigenvalue weighted by molar-refractivity contribution is 5.91. The zero-order valence-electron chi connectivity index (χ0n) is 13.2. The van der Waals surface area contributed by atoms with Crippen molar-refractivity contribution in [2.24, 2.45) is 0 Å². The quantitative estimate of drug-likeness (QED) is 0.774. The van der Waals surface area contributed by atoms with Gasteiger partial charge in [0.05, 0.1) is 5.39 Å². The highest BCUT2D eigenvalue weighted by Crippen LogP contribution is 2.36. The minimum absolute atomic E-state index is 0.262. The van der Waals surface area contributed by atoms with Crippen LogP contribution in [-0.2, 0) is 0 Å². The molecular formula is C16H17N5O2. The molecule has 1 aromatic carbocycles. The van der Waals surface area contributed by atoms with Crippen LogP contribution in [0.5, 0.6) is 11.5 Å². The second kappa shape index (κ2) is 5.05. The number of benzene rings is 1. The Balaban J connectivity index is 1.78. The minimum atomic E-state index is 0.262. The van der Waals surface area contributed by atoms with E-state index in [4.69, 9.17) is 9.47 Å². The molecule has 1 aliphatic rings. The monoisotopic (exact) mass is 311 g/mol. The largest absolute Gasteiger partial charge is 0.454 e. The molecule has 3 heterocycles. The van der Waals surface area contributed by atoms with Gasteiger partial charge in [-0.25, -0.2) is 0 Å². The Bertz CT molecular complexity index is 888. The van der Waals surface area contributed by atoms with Gasteiger partial charge in [-0.3, -0.25) is 0 Å². The second-order valence-corrected chi connectivity index (χ2v) is 5.67. The number of anilines is 3. The first kappa shape index (κ1) is 13.7. The molecule has 1 aliphatic heterocycles. The normalized spacial score (nSPS) is 12.7. The molecule has 0 saturated heterocycles.